The van der Waals surface area contributed by atoms with Crippen molar-refractivity contribution in [3.63, 3.8) is 0 Å². The molecule has 0 aliphatic rings. The summed E-state index contributed by atoms with van der Waals surface area (Å²) in [5, 5.41) is 3.23. The molecule has 1 atom stereocenters. The molecule has 19 heavy (non-hydrogen) atoms. The summed E-state index contributed by atoms with van der Waals surface area (Å²) in [5.41, 5.74) is 6.16. The molecule has 0 aromatic carbocycles. The van der Waals surface area contributed by atoms with E-state index in [2.05, 4.69) is 29.1 Å². The minimum absolute atomic E-state index is 0.0939. The predicted octanol–water partition coefficient (Wildman–Crippen LogP) is 2.44. The first-order chi connectivity index (χ1) is 9.06. The van der Waals surface area contributed by atoms with E-state index in [0.29, 0.717) is 24.2 Å². The predicted molar refractivity (Wildman–Crippen MR) is 78.3 cm³/mol. The molecule has 0 spiro atoms. The highest BCUT2D eigenvalue weighted by atomic mass is 16.5. The number of nitrogens with one attached hydrogen (secondary N) is 1. The van der Waals surface area contributed by atoms with Crippen molar-refractivity contribution in [3.8, 4) is 5.88 Å². The second-order valence-corrected chi connectivity index (χ2v) is 5.03. The fourth-order valence-corrected chi connectivity index (χ4v) is 2.01. The molecule has 1 aromatic heterocycles. The quantitative estimate of drug-likeness (QED) is 0.756. The molecule has 5 nitrogen and oxygen atoms in total. The fraction of sp³-hybridized carbons (Fsp3) is 0.714. The number of anilines is 1. The van der Waals surface area contributed by atoms with Gasteiger partial charge < -0.3 is 15.8 Å². The Morgan fingerprint density at radius 1 is 1.26 bits per heavy atom. The summed E-state index contributed by atoms with van der Waals surface area (Å²) in [6.45, 7) is 8.97. The van der Waals surface area contributed by atoms with Gasteiger partial charge in [0.15, 0.2) is 0 Å². The van der Waals surface area contributed by atoms with Gasteiger partial charge >= 0.3 is 0 Å². The molecule has 1 unspecified atom stereocenters. The Hall–Kier alpha value is -1.36. The van der Waals surface area contributed by atoms with Gasteiger partial charge in [-0.1, -0.05) is 26.7 Å². The van der Waals surface area contributed by atoms with Crippen molar-refractivity contribution in [3.05, 3.63) is 12.4 Å². The maximum Gasteiger partial charge on any atom is 0.234 e. The highest BCUT2D eigenvalue weighted by molar-refractivity contribution is 5.33. The van der Waals surface area contributed by atoms with Crippen LogP contribution < -0.4 is 15.8 Å². The van der Waals surface area contributed by atoms with Gasteiger partial charge in [-0.05, 0) is 19.8 Å². The number of rotatable bonds is 8. The minimum Gasteiger partial charge on any atom is -0.474 e. The number of nitrogens with two attached hydrogens (primary N) is 1. The third-order valence-electron chi connectivity index (χ3n) is 3.14. The summed E-state index contributed by atoms with van der Waals surface area (Å²) in [5.74, 6) is 1.78. The summed E-state index contributed by atoms with van der Waals surface area (Å²) >= 11 is 0. The van der Waals surface area contributed by atoms with Crippen molar-refractivity contribution < 1.29 is 4.74 Å². The van der Waals surface area contributed by atoms with Gasteiger partial charge in [-0.15, -0.1) is 0 Å². The second kappa shape index (κ2) is 7.94. The zero-order chi connectivity index (χ0) is 14.3. The summed E-state index contributed by atoms with van der Waals surface area (Å²) in [6, 6.07) is 0.131. The topological polar surface area (TPSA) is 73.1 Å². The van der Waals surface area contributed by atoms with Gasteiger partial charge in [0.2, 0.25) is 5.88 Å². The van der Waals surface area contributed by atoms with E-state index in [1.54, 1.807) is 12.4 Å². The number of hydrogen-bond donors (Lipinski definition) is 2. The molecule has 0 saturated heterocycles. The first-order valence-electron chi connectivity index (χ1n) is 7.04. The number of aromatic nitrogens is 2. The van der Waals surface area contributed by atoms with Gasteiger partial charge in [0.1, 0.15) is 5.82 Å². The molecule has 0 aliphatic heterocycles. The lowest BCUT2D eigenvalue weighted by molar-refractivity contribution is 0.232. The van der Waals surface area contributed by atoms with E-state index in [4.69, 9.17) is 10.5 Å². The molecule has 0 fully saturated rings. The first kappa shape index (κ1) is 15.7. The lowest BCUT2D eigenvalue weighted by Crippen LogP contribution is -2.36. The van der Waals surface area contributed by atoms with Crippen LogP contribution in [0.15, 0.2) is 12.4 Å². The van der Waals surface area contributed by atoms with Crippen molar-refractivity contribution >= 4 is 5.82 Å². The molecule has 108 valence electrons. The monoisotopic (exact) mass is 266 g/mol. The molecule has 0 saturated carbocycles. The van der Waals surface area contributed by atoms with Gasteiger partial charge in [-0.2, -0.15) is 4.98 Å². The Morgan fingerprint density at radius 3 is 2.53 bits per heavy atom. The highest BCUT2D eigenvalue weighted by Crippen LogP contribution is 2.14. The van der Waals surface area contributed by atoms with Crippen molar-refractivity contribution in [1.29, 1.82) is 0 Å². The van der Waals surface area contributed by atoms with Gasteiger partial charge in [0.05, 0.1) is 18.5 Å². The summed E-state index contributed by atoms with van der Waals surface area (Å²) in [7, 11) is 0. The van der Waals surface area contributed by atoms with E-state index >= 15 is 0 Å². The normalized spacial score (nSPS) is 12.8. The molecule has 1 aromatic rings. The summed E-state index contributed by atoms with van der Waals surface area (Å²) in [4.78, 5) is 8.45. The van der Waals surface area contributed by atoms with Crippen LogP contribution in [-0.2, 0) is 0 Å². The van der Waals surface area contributed by atoms with Crippen LogP contribution in [0.25, 0.3) is 0 Å². The molecule has 1 rings (SSSR count). The Kier molecular flexibility index (Phi) is 6.56. The third-order valence-corrected chi connectivity index (χ3v) is 3.14. The first-order valence-corrected chi connectivity index (χ1v) is 7.04. The van der Waals surface area contributed by atoms with Crippen molar-refractivity contribution in [2.24, 2.45) is 11.7 Å². The zero-order valence-electron chi connectivity index (χ0n) is 12.4. The molecular formula is C14H26N4O. The standard InChI is InChI=1S/C14H26N4O/c1-5-11(6-2)12(15)7-17-13-8-16-9-14(18-13)19-10(3)4/h8-12H,5-7,15H2,1-4H3,(H,17,18). The smallest absolute Gasteiger partial charge is 0.234 e. The Bertz CT molecular complexity index is 366. The Morgan fingerprint density at radius 2 is 1.95 bits per heavy atom. The molecule has 3 N–H and O–H groups in total. The number of ether oxygens (including phenoxy) is 1. The summed E-state index contributed by atoms with van der Waals surface area (Å²) in [6.07, 6.45) is 5.60. The van der Waals surface area contributed by atoms with E-state index in [-0.39, 0.29) is 12.1 Å². The third kappa shape index (κ3) is 5.42. The van der Waals surface area contributed by atoms with Crippen LogP contribution >= 0.6 is 0 Å². The van der Waals surface area contributed by atoms with E-state index in [1.807, 2.05) is 13.8 Å². The van der Waals surface area contributed by atoms with Crippen LogP contribution in [0.4, 0.5) is 5.82 Å². The molecular weight excluding hydrogens is 240 g/mol. The van der Waals surface area contributed by atoms with Gasteiger partial charge in [-0.25, -0.2) is 0 Å². The van der Waals surface area contributed by atoms with E-state index in [1.165, 1.54) is 0 Å². The zero-order valence-corrected chi connectivity index (χ0v) is 12.4. The van der Waals surface area contributed by atoms with E-state index in [0.717, 1.165) is 12.8 Å². The molecule has 0 bridgehead atoms. The van der Waals surface area contributed by atoms with Gasteiger partial charge in [0.25, 0.3) is 0 Å². The van der Waals surface area contributed by atoms with Gasteiger partial charge in [0, 0.05) is 12.6 Å². The van der Waals surface area contributed by atoms with Crippen molar-refractivity contribution in [2.45, 2.75) is 52.7 Å². The average molecular weight is 266 g/mol. The van der Waals surface area contributed by atoms with Crippen LogP contribution in [-0.4, -0.2) is 28.7 Å². The molecule has 0 aliphatic carbocycles. The molecule has 0 amide bonds. The number of nitrogens with zero attached hydrogens (tertiary/aromatic N) is 2. The van der Waals surface area contributed by atoms with Crippen LogP contribution in [0.5, 0.6) is 5.88 Å². The number of hydrogen-bond acceptors (Lipinski definition) is 5. The lowest BCUT2D eigenvalue weighted by atomic mass is 9.95. The van der Waals surface area contributed by atoms with E-state index < -0.39 is 0 Å². The average Bonchev–Trinajstić information content (AvgIpc) is 2.37. The van der Waals surface area contributed by atoms with Crippen molar-refractivity contribution in [2.75, 3.05) is 11.9 Å². The highest BCUT2D eigenvalue weighted by Gasteiger charge is 2.13. The van der Waals surface area contributed by atoms with Crippen LogP contribution in [0.3, 0.4) is 0 Å². The maximum atomic E-state index is 6.16. The Labute approximate surface area is 116 Å². The minimum atomic E-state index is 0.0939. The maximum absolute atomic E-state index is 6.16. The summed E-state index contributed by atoms with van der Waals surface area (Å²) < 4.78 is 5.51. The lowest BCUT2D eigenvalue weighted by Gasteiger charge is -2.21. The van der Waals surface area contributed by atoms with E-state index in [9.17, 15) is 0 Å². The second-order valence-electron chi connectivity index (χ2n) is 5.03. The van der Waals surface area contributed by atoms with Crippen LogP contribution in [0.1, 0.15) is 40.5 Å². The van der Waals surface area contributed by atoms with Crippen LogP contribution in [0, 0.1) is 5.92 Å². The SMILES string of the molecule is CCC(CC)C(N)CNc1cncc(OC(C)C)n1. The molecule has 0 radical (unpaired) electrons. The van der Waals surface area contributed by atoms with Gasteiger partial charge in [-0.3, -0.25) is 4.98 Å². The Balaban J connectivity index is 2.53. The largest absolute Gasteiger partial charge is 0.474 e. The fourth-order valence-electron chi connectivity index (χ4n) is 2.01. The van der Waals surface area contributed by atoms with Crippen molar-refractivity contribution in [1.82, 2.24) is 9.97 Å². The van der Waals surface area contributed by atoms with Crippen LogP contribution in [0.2, 0.25) is 0 Å². The molecule has 1 heterocycles. The molecule has 5 heteroatoms.